The fourth-order valence-electron chi connectivity index (χ4n) is 1.55. The Morgan fingerprint density at radius 2 is 2.20 bits per heavy atom. The summed E-state index contributed by atoms with van der Waals surface area (Å²) in [6, 6.07) is 6.32. The molecule has 0 aliphatic heterocycles. The van der Waals surface area contributed by atoms with Crippen molar-refractivity contribution in [3.63, 3.8) is 0 Å². The van der Waals surface area contributed by atoms with E-state index in [1.54, 1.807) is 6.07 Å². The number of benzene rings is 1. The van der Waals surface area contributed by atoms with Crippen molar-refractivity contribution in [1.82, 2.24) is 4.98 Å². The monoisotopic (exact) mass is 205 g/mol. The summed E-state index contributed by atoms with van der Waals surface area (Å²) in [5.41, 5.74) is 4.96. The molecule has 0 radical (unpaired) electrons. The number of hydrogen-bond donors (Lipinski definition) is 2. The molecule has 0 amide bonds. The number of fused-ring (bicyclic) bond motifs is 1. The van der Waals surface area contributed by atoms with Gasteiger partial charge in [-0.15, -0.1) is 0 Å². The molecule has 2 rings (SSSR count). The number of rotatable bonds is 2. The van der Waals surface area contributed by atoms with E-state index < -0.39 is 0 Å². The summed E-state index contributed by atoms with van der Waals surface area (Å²) in [4.78, 5) is 4.38. The number of anilines is 1. The van der Waals surface area contributed by atoms with Crippen LogP contribution in [0.15, 0.2) is 24.3 Å². The molecule has 3 nitrogen and oxygen atoms in total. The summed E-state index contributed by atoms with van der Waals surface area (Å²) in [6.45, 7) is 2.01. The lowest BCUT2D eigenvalue weighted by Crippen LogP contribution is -2.08. The van der Waals surface area contributed by atoms with E-state index in [0.29, 0.717) is 11.1 Å². The van der Waals surface area contributed by atoms with Gasteiger partial charge in [0.15, 0.2) is 0 Å². The number of aryl methyl sites for hydroxylation is 1. The van der Waals surface area contributed by atoms with E-state index >= 15 is 0 Å². The maximum absolute atomic E-state index is 13.0. The molecule has 1 aromatic carbocycles. The van der Waals surface area contributed by atoms with Crippen LogP contribution in [0.25, 0.3) is 10.9 Å². The van der Waals surface area contributed by atoms with Gasteiger partial charge in [0.05, 0.1) is 11.2 Å². The Hall–Kier alpha value is -1.68. The number of nitrogens with one attached hydrogen (secondary N) is 1. The summed E-state index contributed by atoms with van der Waals surface area (Å²) in [5, 5.41) is 0.703. The maximum Gasteiger partial charge on any atom is 0.124 e. The van der Waals surface area contributed by atoms with Crippen molar-refractivity contribution in [2.45, 2.75) is 13.3 Å². The second kappa shape index (κ2) is 3.82. The van der Waals surface area contributed by atoms with Crippen LogP contribution in [-0.2, 0) is 6.42 Å². The molecule has 2 aromatic rings. The van der Waals surface area contributed by atoms with E-state index in [2.05, 4.69) is 10.4 Å². The fourth-order valence-corrected chi connectivity index (χ4v) is 1.55. The fraction of sp³-hybridized carbons (Fsp3) is 0.182. The normalized spacial score (nSPS) is 10.6. The number of halogens is 1. The molecule has 0 bridgehead atoms. The van der Waals surface area contributed by atoms with E-state index in [1.807, 2.05) is 13.0 Å². The number of hydrogen-bond acceptors (Lipinski definition) is 3. The lowest BCUT2D eigenvalue weighted by atomic mass is 10.1. The number of nitrogens with zero attached hydrogens (tertiary/aromatic N) is 1. The van der Waals surface area contributed by atoms with Crippen LogP contribution in [0.3, 0.4) is 0 Å². The van der Waals surface area contributed by atoms with Crippen LogP contribution in [0, 0.1) is 5.82 Å². The van der Waals surface area contributed by atoms with Crippen molar-refractivity contribution in [2.24, 2.45) is 5.84 Å². The molecule has 3 N–H and O–H groups in total. The molecule has 0 unspecified atom stereocenters. The van der Waals surface area contributed by atoms with Crippen molar-refractivity contribution in [1.29, 1.82) is 0 Å². The number of nitrogen functional groups attached to an aromatic ring is 1. The first kappa shape index (κ1) is 9.86. The van der Waals surface area contributed by atoms with E-state index in [9.17, 15) is 4.39 Å². The second-order valence-corrected chi connectivity index (χ2v) is 3.32. The van der Waals surface area contributed by atoms with Gasteiger partial charge >= 0.3 is 0 Å². The first-order chi connectivity index (χ1) is 7.24. The van der Waals surface area contributed by atoms with Crippen LogP contribution < -0.4 is 11.3 Å². The molecule has 0 saturated heterocycles. The molecule has 0 aliphatic rings. The molecular weight excluding hydrogens is 193 g/mol. The highest BCUT2D eigenvalue weighted by atomic mass is 19.1. The highest BCUT2D eigenvalue weighted by Crippen LogP contribution is 2.23. The molecule has 1 heterocycles. The smallest absolute Gasteiger partial charge is 0.124 e. The van der Waals surface area contributed by atoms with Crippen molar-refractivity contribution in [3.8, 4) is 0 Å². The van der Waals surface area contributed by atoms with Crippen LogP contribution in [-0.4, -0.2) is 4.98 Å². The Kier molecular flexibility index (Phi) is 2.51. The predicted molar refractivity (Wildman–Crippen MR) is 58.9 cm³/mol. The minimum atomic E-state index is -0.287. The van der Waals surface area contributed by atoms with Gasteiger partial charge in [-0.1, -0.05) is 6.92 Å². The third-order valence-electron chi connectivity index (χ3n) is 2.34. The first-order valence-corrected chi connectivity index (χ1v) is 4.80. The van der Waals surface area contributed by atoms with Crippen LogP contribution in [0.5, 0.6) is 0 Å². The zero-order valence-electron chi connectivity index (χ0n) is 8.42. The molecule has 0 aliphatic carbocycles. The maximum atomic E-state index is 13.0. The Bertz CT molecular complexity index is 496. The summed E-state index contributed by atoms with van der Waals surface area (Å²) in [6.07, 6.45) is 0.821. The van der Waals surface area contributed by atoms with Gasteiger partial charge in [-0.25, -0.2) is 4.39 Å². The van der Waals surface area contributed by atoms with E-state index in [-0.39, 0.29) is 5.82 Å². The van der Waals surface area contributed by atoms with E-state index in [1.165, 1.54) is 12.1 Å². The number of nitrogens with two attached hydrogens (primary N) is 1. The summed E-state index contributed by atoms with van der Waals surface area (Å²) in [7, 11) is 0. The van der Waals surface area contributed by atoms with Gasteiger partial charge in [-0.05, 0) is 30.7 Å². The SMILES string of the molecule is CCc1cc(NN)c2cc(F)ccc2n1. The van der Waals surface area contributed by atoms with E-state index in [0.717, 1.165) is 17.6 Å². The van der Waals surface area contributed by atoms with Gasteiger partial charge < -0.3 is 5.43 Å². The molecule has 0 atom stereocenters. The third kappa shape index (κ3) is 1.76. The number of aromatic nitrogens is 1. The van der Waals surface area contributed by atoms with Gasteiger partial charge in [0.25, 0.3) is 0 Å². The van der Waals surface area contributed by atoms with Gasteiger partial charge in [0.1, 0.15) is 5.82 Å². The van der Waals surface area contributed by atoms with Gasteiger partial charge in [-0.3, -0.25) is 10.8 Å². The third-order valence-corrected chi connectivity index (χ3v) is 2.34. The van der Waals surface area contributed by atoms with Crippen LogP contribution in [0.1, 0.15) is 12.6 Å². The van der Waals surface area contributed by atoms with Crippen molar-refractivity contribution in [2.75, 3.05) is 5.43 Å². The topological polar surface area (TPSA) is 50.9 Å². The summed E-state index contributed by atoms with van der Waals surface area (Å²) >= 11 is 0. The standard InChI is InChI=1S/C11H12FN3/c1-2-8-6-11(15-13)9-5-7(12)3-4-10(9)14-8/h3-6H,2,13H2,1H3,(H,14,15). The molecule has 78 valence electrons. The van der Waals surface area contributed by atoms with Crippen LogP contribution >= 0.6 is 0 Å². The Balaban J connectivity index is 2.75. The molecule has 4 heteroatoms. The van der Waals surface area contributed by atoms with Crippen LogP contribution in [0.4, 0.5) is 10.1 Å². The van der Waals surface area contributed by atoms with Gasteiger partial charge in [0, 0.05) is 11.1 Å². The summed E-state index contributed by atoms with van der Waals surface area (Å²) < 4.78 is 13.0. The first-order valence-electron chi connectivity index (χ1n) is 4.80. The minimum Gasteiger partial charge on any atom is -0.323 e. The zero-order valence-corrected chi connectivity index (χ0v) is 8.42. The Morgan fingerprint density at radius 1 is 1.40 bits per heavy atom. The second-order valence-electron chi connectivity index (χ2n) is 3.32. The van der Waals surface area contributed by atoms with Gasteiger partial charge in [-0.2, -0.15) is 0 Å². The Morgan fingerprint density at radius 3 is 2.87 bits per heavy atom. The molecular formula is C11H12FN3. The predicted octanol–water partition coefficient (Wildman–Crippen LogP) is 2.22. The highest BCUT2D eigenvalue weighted by Gasteiger charge is 2.04. The number of pyridine rings is 1. The summed E-state index contributed by atoms with van der Waals surface area (Å²) in [5.74, 6) is 5.10. The highest BCUT2D eigenvalue weighted by molar-refractivity contribution is 5.91. The molecule has 15 heavy (non-hydrogen) atoms. The average Bonchev–Trinajstić information content (AvgIpc) is 2.27. The van der Waals surface area contributed by atoms with Crippen molar-refractivity contribution >= 4 is 16.6 Å². The van der Waals surface area contributed by atoms with Gasteiger partial charge in [0.2, 0.25) is 0 Å². The Labute approximate surface area is 87.1 Å². The van der Waals surface area contributed by atoms with Crippen molar-refractivity contribution in [3.05, 3.63) is 35.8 Å². The zero-order chi connectivity index (χ0) is 10.8. The lowest BCUT2D eigenvalue weighted by Gasteiger charge is -2.07. The van der Waals surface area contributed by atoms with Crippen molar-refractivity contribution < 1.29 is 4.39 Å². The number of hydrazine groups is 1. The average molecular weight is 205 g/mol. The quantitative estimate of drug-likeness (QED) is 0.584. The molecule has 1 aromatic heterocycles. The molecule has 0 saturated carbocycles. The van der Waals surface area contributed by atoms with Crippen LogP contribution in [0.2, 0.25) is 0 Å². The molecule has 0 spiro atoms. The molecule has 0 fully saturated rings. The van der Waals surface area contributed by atoms with E-state index in [4.69, 9.17) is 5.84 Å². The lowest BCUT2D eigenvalue weighted by molar-refractivity contribution is 0.629. The largest absolute Gasteiger partial charge is 0.323 e. The minimum absolute atomic E-state index is 0.287.